The van der Waals surface area contributed by atoms with Crippen LogP contribution in [0.1, 0.15) is 44.9 Å². The Morgan fingerprint density at radius 1 is 1.18 bits per heavy atom. The van der Waals surface area contributed by atoms with Crippen LogP contribution in [-0.2, 0) is 11.2 Å². The Morgan fingerprint density at radius 2 is 1.82 bits per heavy atom. The smallest absolute Gasteiger partial charge is 0.234 e. The first kappa shape index (κ1) is 18.3. The third-order valence-corrected chi connectivity index (χ3v) is 3.52. The molecule has 2 N–H and O–H groups in total. The predicted molar refractivity (Wildman–Crippen MR) is 92.4 cm³/mol. The first-order valence-electron chi connectivity index (χ1n) is 7.96. The molecular weight excluding hydrogens is 272 g/mol. The second-order valence-corrected chi connectivity index (χ2v) is 6.42. The summed E-state index contributed by atoms with van der Waals surface area (Å²) >= 11 is 0. The van der Waals surface area contributed by atoms with Crippen LogP contribution in [0.2, 0.25) is 0 Å². The van der Waals surface area contributed by atoms with E-state index in [1.54, 1.807) is 0 Å². The molecule has 3 heteroatoms. The average Bonchev–Trinajstić information content (AvgIpc) is 2.46. The lowest BCUT2D eigenvalue weighted by atomic mass is 9.94. The van der Waals surface area contributed by atoms with E-state index in [2.05, 4.69) is 68.5 Å². The molecule has 0 heterocycles. The topological polar surface area (TPSA) is 41.1 Å². The van der Waals surface area contributed by atoms with Crippen LogP contribution in [0.3, 0.4) is 0 Å². The van der Waals surface area contributed by atoms with E-state index in [1.165, 1.54) is 11.1 Å². The molecule has 0 aliphatic heterocycles. The van der Waals surface area contributed by atoms with E-state index in [0.29, 0.717) is 11.8 Å². The monoisotopic (exact) mass is 300 g/mol. The van der Waals surface area contributed by atoms with E-state index in [-0.39, 0.29) is 25.0 Å². The quantitative estimate of drug-likeness (QED) is 0.725. The van der Waals surface area contributed by atoms with Gasteiger partial charge in [0.25, 0.3) is 0 Å². The zero-order chi connectivity index (χ0) is 16.5. The molecule has 1 atom stereocenters. The van der Waals surface area contributed by atoms with Crippen molar-refractivity contribution in [3.63, 3.8) is 0 Å². The molecule has 0 aromatic heterocycles. The van der Waals surface area contributed by atoms with Gasteiger partial charge in [-0.25, -0.2) is 0 Å². The standard InChI is InChI=1S/C19H28N2O/c1-6-11-20-18(22)13-21-19(15(4)5)17-9-7-16(8-10-17)12-14(2)3/h1,7-10,14-15,19,21H,11-13H2,2-5H3,(H,20,22)/t19-/m0/s1. The minimum absolute atomic E-state index is 0.0694. The van der Waals surface area contributed by atoms with Gasteiger partial charge in [-0.05, 0) is 29.4 Å². The van der Waals surface area contributed by atoms with Gasteiger partial charge in [-0.2, -0.15) is 0 Å². The lowest BCUT2D eigenvalue weighted by Crippen LogP contribution is -2.37. The number of hydrogen-bond donors (Lipinski definition) is 2. The molecule has 0 spiro atoms. The molecule has 22 heavy (non-hydrogen) atoms. The minimum Gasteiger partial charge on any atom is -0.344 e. The Hall–Kier alpha value is -1.79. The lowest BCUT2D eigenvalue weighted by Gasteiger charge is -2.23. The highest BCUT2D eigenvalue weighted by Crippen LogP contribution is 2.22. The van der Waals surface area contributed by atoms with Crippen molar-refractivity contribution in [3.8, 4) is 12.3 Å². The van der Waals surface area contributed by atoms with Crippen molar-refractivity contribution in [1.29, 1.82) is 0 Å². The number of rotatable bonds is 8. The highest BCUT2D eigenvalue weighted by atomic mass is 16.1. The predicted octanol–water partition coefficient (Wildman–Crippen LogP) is 2.92. The van der Waals surface area contributed by atoms with Gasteiger partial charge in [0, 0.05) is 6.04 Å². The summed E-state index contributed by atoms with van der Waals surface area (Å²) in [6.45, 7) is 9.30. The van der Waals surface area contributed by atoms with E-state index in [9.17, 15) is 4.79 Å². The molecule has 120 valence electrons. The first-order chi connectivity index (χ1) is 10.4. The SMILES string of the molecule is C#CCNC(=O)CN[C@H](c1ccc(CC(C)C)cc1)C(C)C. The number of terminal acetylenes is 1. The fourth-order valence-corrected chi connectivity index (χ4v) is 2.49. The van der Waals surface area contributed by atoms with Crippen molar-refractivity contribution < 1.29 is 4.79 Å². The van der Waals surface area contributed by atoms with Gasteiger partial charge < -0.3 is 10.6 Å². The Bertz CT molecular complexity index is 497. The summed E-state index contributed by atoms with van der Waals surface area (Å²) in [4.78, 5) is 11.7. The maximum Gasteiger partial charge on any atom is 0.234 e. The Balaban J connectivity index is 2.67. The third-order valence-electron chi connectivity index (χ3n) is 3.52. The summed E-state index contributed by atoms with van der Waals surface area (Å²) in [5, 5.41) is 5.99. The molecule has 1 rings (SSSR count). The van der Waals surface area contributed by atoms with Gasteiger partial charge in [-0.3, -0.25) is 4.79 Å². The Morgan fingerprint density at radius 3 is 2.32 bits per heavy atom. The van der Waals surface area contributed by atoms with Gasteiger partial charge in [0.1, 0.15) is 0 Å². The molecule has 0 saturated heterocycles. The van der Waals surface area contributed by atoms with Crippen molar-refractivity contribution in [2.75, 3.05) is 13.1 Å². The van der Waals surface area contributed by atoms with Crippen LogP contribution in [0.5, 0.6) is 0 Å². The van der Waals surface area contributed by atoms with Gasteiger partial charge in [-0.15, -0.1) is 6.42 Å². The van der Waals surface area contributed by atoms with E-state index in [1.807, 2.05) is 0 Å². The molecule has 0 fully saturated rings. The summed E-state index contributed by atoms with van der Waals surface area (Å²) in [5.41, 5.74) is 2.57. The average molecular weight is 300 g/mol. The molecule has 0 radical (unpaired) electrons. The number of amides is 1. The zero-order valence-corrected chi connectivity index (χ0v) is 14.1. The molecule has 0 unspecified atom stereocenters. The molecule has 1 aromatic rings. The second-order valence-electron chi connectivity index (χ2n) is 6.42. The van der Waals surface area contributed by atoms with Gasteiger partial charge >= 0.3 is 0 Å². The van der Waals surface area contributed by atoms with E-state index < -0.39 is 0 Å². The number of benzene rings is 1. The molecule has 0 aliphatic carbocycles. The molecule has 0 saturated carbocycles. The van der Waals surface area contributed by atoms with Crippen molar-refractivity contribution >= 4 is 5.91 Å². The van der Waals surface area contributed by atoms with E-state index >= 15 is 0 Å². The van der Waals surface area contributed by atoms with Crippen LogP contribution < -0.4 is 10.6 Å². The summed E-state index contributed by atoms with van der Waals surface area (Å²) in [5.74, 6) is 3.39. The highest BCUT2D eigenvalue weighted by Gasteiger charge is 2.16. The maximum atomic E-state index is 11.7. The van der Waals surface area contributed by atoms with Crippen LogP contribution in [-0.4, -0.2) is 19.0 Å². The zero-order valence-electron chi connectivity index (χ0n) is 14.1. The Labute approximate surface area is 134 Å². The summed E-state index contributed by atoms with van der Waals surface area (Å²) in [6.07, 6.45) is 6.23. The molecule has 0 bridgehead atoms. The maximum absolute atomic E-state index is 11.7. The van der Waals surface area contributed by atoms with Gasteiger partial charge in [-0.1, -0.05) is 57.9 Å². The van der Waals surface area contributed by atoms with Crippen LogP contribution in [0.4, 0.5) is 0 Å². The number of carbonyl (C=O) groups is 1. The fraction of sp³-hybridized carbons (Fsp3) is 0.526. The van der Waals surface area contributed by atoms with Crippen LogP contribution >= 0.6 is 0 Å². The molecular formula is C19H28N2O. The summed E-state index contributed by atoms with van der Waals surface area (Å²) in [6, 6.07) is 8.85. The minimum atomic E-state index is -0.0694. The third kappa shape index (κ3) is 6.32. The number of carbonyl (C=O) groups excluding carboxylic acids is 1. The van der Waals surface area contributed by atoms with Crippen LogP contribution in [0.25, 0.3) is 0 Å². The molecule has 3 nitrogen and oxygen atoms in total. The second kappa shape index (κ2) is 9.27. The van der Waals surface area contributed by atoms with Crippen molar-refractivity contribution in [1.82, 2.24) is 10.6 Å². The van der Waals surface area contributed by atoms with Crippen LogP contribution in [0, 0.1) is 24.2 Å². The number of nitrogens with one attached hydrogen (secondary N) is 2. The highest BCUT2D eigenvalue weighted by molar-refractivity contribution is 5.78. The van der Waals surface area contributed by atoms with Gasteiger partial charge in [0.05, 0.1) is 13.1 Å². The summed E-state index contributed by atoms with van der Waals surface area (Å²) in [7, 11) is 0. The molecule has 1 amide bonds. The van der Waals surface area contributed by atoms with Crippen molar-refractivity contribution in [2.24, 2.45) is 11.8 Å². The summed E-state index contributed by atoms with van der Waals surface area (Å²) < 4.78 is 0. The Kier molecular flexibility index (Phi) is 7.70. The fourth-order valence-electron chi connectivity index (χ4n) is 2.49. The van der Waals surface area contributed by atoms with Gasteiger partial charge in [0.15, 0.2) is 0 Å². The van der Waals surface area contributed by atoms with E-state index in [0.717, 1.165) is 6.42 Å². The van der Waals surface area contributed by atoms with Gasteiger partial charge in [0.2, 0.25) is 5.91 Å². The normalized spacial score (nSPS) is 12.2. The van der Waals surface area contributed by atoms with Crippen molar-refractivity contribution in [2.45, 2.75) is 40.2 Å². The van der Waals surface area contributed by atoms with Crippen molar-refractivity contribution in [3.05, 3.63) is 35.4 Å². The molecule has 0 aliphatic rings. The van der Waals surface area contributed by atoms with E-state index in [4.69, 9.17) is 6.42 Å². The van der Waals surface area contributed by atoms with Crippen LogP contribution in [0.15, 0.2) is 24.3 Å². The largest absolute Gasteiger partial charge is 0.344 e. The lowest BCUT2D eigenvalue weighted by molar-refractivity contribution is -0.120. The molecule has 1 aromatic carbocycles. The number of hydrogen-bond acceptors (Lipinski definition) is 2. The first-order valence-corrected chi connectivity index (χ1v) is 7.96.